The van der Waals surface area contributed by atoms with Crippen LogP contribution in [0.5, 0.6) is 0 Å². The van der Waals surface area contributed by atoms with Crippen LogP contribution in [0.25, 0.3) is 0 Å². The molecule has 2 N–H and O–H groups in total. The summed E-state index contributed by atoms with van der Waals surface area (Å²) < 4.78 is 27.3. The van der Waals surface area contributed by atoms with Gasteiger partial charge in [-0.3, -0.25) is 4.79 Å². The summed E-state index contributed by atoms with van der Waals surface area (Å²) in [7, 11) is 0. The number of rotatable bonds is 4. The van der Waals surface area contributed by atoms with E-state index in [2.05, 4.69) is 10.1 Å². The van der Waals surface area contributed by atoms with Crippen molar-refractivity contribution in [3.63, 3.8) is 0 Å². The molecule has 0 bridgehead atoms. The van der Waals surface area contributed by atoms with E-state index in [9.17, 15) is 13.6 Å². The fourth-order valence-corrected chi connectivity index (χ4v) is 1.33. The molecule has 0 aromatic heterocycles. The molecule has 0 aromatic rings. The van der Waals surface area contributed by atoms with Gasteiger partial charge in [-0.05, 0) is 12.3 Å². The number of carboxylic acid groups (broad SMARTS) is 1. The molecule has 0 spiro atoms. The number of carbonyl (C=O) groups is 1. The molecule has 1 fully saturated rings. The fraction of sp³-hybridized carbons (Fsp3) is 0.857. The van der Waals surface area contributed by atoms with Crippen LogP contribution in [-0.2, 0) is 9.53 Å². The molecule has 1 saturated heterocycles. The van der Waals surface area contributed by atoms with Crippen LogP contribution in [0.4, 0.5) is 8.78 Å². The van der Waals surface area contributed by atoms with Gasteiger partial charge in [-0.25, -0.2) is 0 Å². The lowest BCUT2D eigenvalue weighted by Crippen LogP contribution is -2.29. The minimum atomic E-state index is -2.77. The van der Waals surface area contributed by atoms with Gasteiger partial charge in [0.05, 0.1) is 6.61 Å². The lowest BCUT2D eigenvalue weighted by Gasteiger charge is -2.07. The highest BCUT2D eigenvalue weighted by Crippen LogP contribution is 2.15. The Hall–Kier alpha value is -0.750. The average Bonchev–Trinajstić information content (AvgIpc) is 2.48. The molecule has 0 aliphatic carbocycles. The van der Waals surface area contributed by atoms with Crippen LogP contribution < -0.4 is 5.32 Å². The number of ether oxygens (including phenoxy) is 1. The van der Waals surface area contributed by atoms with E-state index in [0.717, 1.165) is 0 Å². The first kappa shape index (κ1) is 10.3. The third kappa shape index (κ3) is 3.23. The molecule has 0 saturated carbocycles. The van der Waals surface area contributed by atoms with E-state index in [0.29, 0.717) is 13.0 Å². The Labute approximate surface area is 73.9 Å². The molecule has 2 atom stereocenters. The Balaban J connectivity index is 2.21. The normalized spacial score (nSPS) is 28.2. The van der Waals surface area contributed by atoms with E-state index >= 15 is 0 Å². The van der Waals surface area contributed by atoms with Crippen molar-refractivity contribution in [1.29, 1.82) is 0 Å². The number of nitrogens with one attached hydrogen (secondary N) is 1. The molecule has 6 heteroatoms. The molecular weight excluding hydrogens is 184 g/mol. The zero-order valence-electron chi connectivity index (χ0n) is 6.87. The maximum absolute atomic E-state index is 11.6. The Bertz CT molecular complexity index is 189. The molecular formula is C7H11F2NO3. The van der Waals surface area contributed by atoms with Gasteiger partial charge in [0.15, 0.2) is 0 Å². The molecule has 0 aromatic carbocycles. The summed E-state index contributed by atoms with van der Waals surface area (Å²) in [5, 5.41) is 11.3. The van der Waals surface area contributed by atoms with Crippen LogP contribution >= 0.6 is 0 Å². The highest BCUT2D eigenvalue weighted by Gasteiger charge is 2.29. The van der Waals surface area contributed by atoms with Crippen molar-refractivity contribution in [2.75, 3.05) is 13.2 Å². The smallest absolute Gasteiger partial charge is 0.345 e. The second kappa shape index (κ2) is 4.48. The Morgan fingerprint density at radius 2 is 2.38 bits per heavy atom. The Kier molecular flexibility index (Phi) is 3.56. The highest BCUT2D eigenvalue weighted by molar-refractivity contribution is 5.73. The largest absolute Gasteiger partial charge is 0.480 e. The van der Waals surface area contributed by atoms with E-state index in [1.54, 1.807) is 0 Å². The van der Waals surface area contributed by atoms with Crippen molar-refractivity contribution in [3.8, 4) is 0 Å². The van der Waals surface area contributed by atoms with E-state index in [4.69, 9.17) is 5.11 Å². The van der Waals surface area contributed by atoms with Crippen LogP contribution in [0, 0.1) is 5.92 Å². The highest BCUT2D eigenvalue weighted by atomic mass is 19.3. The van der Waals surface area contributed by atoms with Crippen LogP contribution in [0.1, 0.15) is 6.42 Å². The van der Waals surface area contributed by atoms with E-state index < -0.39 is 18.6 Å². The van der Waals surface area contributed by atoms with Gasteiger partial charge < -0.3 is 15.2 Å². The van der Waals surface area contributed by atoms with Crippen molar-refractivity contribution in [1.82, 2.24) is 5.32 Å². The lowest BCUT2D eigenvalue weighted by molar-refractivity contribution is -0.140. The zero-order valence-corrected chi connectivity index (χ0v) is 6.87. The van der Waals surface area contributed by atoms with Crippen molar-refractivity contribution in [2.45, 2.75) is 19.1 Å². The fourth-order valence-electron chi connectivity index (χ4n) is 1.33. The van der Waals surface area contributed by atoms with E-state index in [-0.39, 0.29) is 12.5 Å². The summed E-state index contributed by atoms with van der Waals surface area (Å²) in [6.45, 7) is -2.44. The minimum absolute atomic E-state index is 0.0888. The second-order valence-corrected chi connectivity index (χ2v) is 2.99. The van der Waals surface area contributed by atoms with E-state index in [1.807, 2.05) is 0 Å². The Morgan fingerprint density at radius 3 is 2.85 bits per heavy atom. The van der Waals surface area contributed by atoms with Gasteiger partial charge in [0.25, 0.3) is 0 Å². The van der Waals surface area contributed by atoms with Gasteiger partial charge in [0.2, 0.25) is 0 Å². The summed E-state index contributed by atoms with van der Waals surface area (Å²) in [4.78, 5) is 10.4. The maximum Gasteiger partial charge on any atom is 0.345 e. The number of aliphatic carboxylic acids is 1. The first-order valence-electron chi connectivity index (χ1n) is 3.95. The molecule has 2 unspecified atom stereocenters. The third-order valence-corrected chi connectivity index (χ3v) is 1.98. The van der Waals surface area contributed by atoms with Gasteiger partial charge in [0.1, 0.15) is 6.04 Å². The van der Waals surface area contributed by atoms with Gasteiger partial charge >= 0.3 is 12.6 Å². The van der Waals surface area contributed by atoms with Crippen molar-refractivity contribution >= 4 is 5.97 Å². The van der Waals surface area contributed by atoms with Gasteiger partial charge in [0, 0.05) is 6.54 Å². The van der Waals surface area contributed by atoms with E-state index in [1.165, 1.54) is 0 Å². The number of carboxylic acids is 1. The molecule has 0 amide bonds. The summed E-state index contributed by atoms with van der Waals surface area (Å²) in [6, 6.07) is -0.619. The molecule has 1 heterocycles. The van der Waals surface area contributed by atoms with Gasteiger partial charge in [-0.1, -0.05) is 0 Å². The number of hydrogen-bond donors (Lipinski definition) is 2. The van der Waals surface area contributed by atoms with Crippen LogP contribution in [0.2, 0.25) is 0 Å². The summed E-state index contributed by atoms with van der Waals surface area (Å²) >= 11 is 0. The zero-order chi connectivity index (χ0) is 9.84. The maximum atomic E-state index is 11.6. The number of halogens is 2. The predicted molar refractivity (Wildman–Crippen MR) is 39.5 cm³/mol. The Morgan fingerprint density at radius 1 is 1.69 bits per heavy atom. The lowest BCUT2D eigenvalue weighted by atomic mass is 10.1. The van der Waals surface area contributed by atoms with Gasteiger partial charge in [-0.15, -0.1) is 0 Å². The molecule has 0 radical (unpaired) electrons. The summed E-state index contributed by atoms with van der Waals surface area (Å²) in [5.74, 6) is -1.07. The average molecular weight is 195 g/mol. The topological polar surface area (TPSA) is 58.6 Å². The van der Waals surface area contributed by atoms with Crippen LogP contribution in [0.3, 0.4) is 0 Å². The minimum Gasteiger partial charge on any atom is -0.480 e. The standard InChI is InChI=1S/C7H11F2NO3/c8-7(9)13-3-4-1-5(6(11)12)10-2-4/h4-5,7,10H,1-3H2,(H,11,12). The van der Waals surface area contributed by atoms with Gasteiger partial charge in [-0.2, -0.15) is 8.78 Å². The van der Waals surface area contributed by atoms with Crippen molar-refractivity contribution < 1.29 is 23.4 Å². The van der Waals surface area contributed by atoms with Crippen molar-refractivity contribution in [3.05, 3.63) is 0 Å². The van der Waals surface area contributed by atoms with Crippen LogP contribution in [-0.4, -0.2) is 36.9 Å². The molecule has 13 heavy (non-hydrogen) atoms. The van der Waals surface area contributed by atoms with Crippen LogP contribution in [0.15, 0.2) is 0 Å². The second-order valence-electron chi connectivity index (χ2n) is 2.99. The van der Waals surface area contributed by atoms with Crippen molar-refractivity contribution in [2.24, 2.45) is 5.92 Å². The third-order valence-electron chi connectivity index (χ3n) is 1.98. The first-order chi connectivity index (χ1) is 6.09. The molecule has 1 aliphatic heterocycles. The summed E-state index contributed by atoms with van der Waals surface area (Å²) in [6.07, 6.45) is 0.349. The molecule has 76 valence electrons. The molecule has 4 nitrogen and oxygen atoms in total. The number of hydrogen-bond acceptors (Lipinski definition) is 3. The molecule has 1 rings (SSSR count). The predicted octanol–water partition coefficient (Wildman–Crippen LogP) is 0.288. The monoisotopic (exact) mass is 195 g/mol. The summed E-state index contributed by atoms with van der Waals surface area (Å²) in [5.41, 5.74) is 0. The SMILES string of the molecule is O=C(O)C1CC(COC(F)F)CN1. The number of alkyl halides is 2. The molecule has 1 aliphatic rings. The quantitative estimate of drug-likeness (QED) is 0.676. The first-order valence-corrected chi connectivity index (χ1v) is 3.95.